The Bertz CT molecular complexity index is 388. The van der Waals surface area contributed by atoms with Gasteiger partial charge in [-0.3, -0.25) is 0 Å². The third-order valence-electron chi connectivity index (χ3n) is 1.88. The van der Waals surface area contributed by atoms with Gasteiger partial charge in [0.2, 0.25) is 0 Å². The molecular formula is C14H18O3P+. The van der Waals surface area contributed by atoms with Crippen molar-refractivity contribution in [1.29, 1.82) is 0 Å². The number of hydrogen-bond acceptors (Lipinski definition) is 1. The van der Waals surface area contributed by atoms with E-state index < -0.39 is 8.25 Å². The van der Waals surface area contributed by atoms with E-state index in [2.05, 4.69) is 38.1 Å². The van der Waals surface area contributed by atoms with Crippen LogP contribution < -0.4 is 0 Å². The molecule has 18 heavy (non-hydrogen) atoms. The Morgan fingerprint density at radius 1 is 0.722 bits per heavy atom. The second kappa shape index (κ2) is 10.6. The van der Waals surface area contributed by atoms with Gasteiger partial charge in [0, 0.05) is 4.57 Å². The van der Waals surface area contributed by atoms with Crippen LogP contribution in [0.3, 0.4) is 0 Å². The molecule has 96 valence electrons. The lowest BCUT2D eigenvalue weighted by molar-refractivity contribution is 0.405. The minimum atomic E-state index is -2.87. The molecule has 0 fully saturated rings. The minimum absolute atomic E-state index is 1.32. The van der Waals surface area contributed by atoms with Crippen LogP contribution in [0.2, 0.25) is 0 Å². The van der Waals surface area contributed by atoms with E-state index in [1.165, 1.54) is 11.1 Å². The summed E-state index contributed by atoms with van der Waals surface area (Å²) in [5.41, 5.74) is 2.64. The molecule has 2 rings (SSSR count). The molecule has 0 aliphatic heterocycles. The summed E-state index contributed by atoms with van der Waals surface area (Å²) in [4.78, 5) is 14.2. The van der Waals surface area contributed by atoms with Crippen LogP contribution in [0.1, 0.15) is 11.1 Å². The highest BCUT2D eigenvalue weighted by molar-refractivity contribution is 7.30. The van der Waals surface area contributed by atoms with Crippen LogP contribution in [0, 0.1) is 13.8 Å². The van der Waals surface area contributed by atoms with Crippen molar-refractivity contribution < 1.29 is 14.4 Å². The molecule has 0 unspecified atom stereocenters. The summed E-state index contributed by atoms with van der Waals surface area (Å²) in [5, 5.41) is 0. The van der Waals surface area contributed by atoms with Gasteiger partial charge in [0.1, 0.15) is 0 Å². The second-order valence-corrected chi connectivity index (χ2v) is 4.07. The summed E-state index contributed by atoms with van der Waals surface area (Å²) in [5.74, 6) is 0. The Balaban J connectivity index is 0.000000253. The fraction of sp³-hybridized carbons (Fsp3) is 0.143. The molecule has 2 aromatic carbocycles. The van der Waals surface area contributed by atoms with Crippen molar-refractivity contribution in [2.45, 2.75) is 13.8 Å². The predicted molar refractivity (Wildman–Crippen MR) is 74.4 cm³/mol. The maximum atomic E-state index is 8.70. The van der Waals surface area contributed by atoms with Crippen molar-refractivity contribution in [3.05, 3.63) is 71.8 Å². The zero-order valence-electron chi connectivity index (χ0n) is 10.5. The standard InChI is InChI=1S/2C7H8.HO3P/c2*1-7-5-3-2-4-6-7;1-4(2)3/h2*2-6H,1H3;(H-,1,2,3)/p+1. The molecule has 0 aliphatic rings. The fourth-order valence-electron chi connectivity index (χ4n) is 1.07. The van der Waals surface area contributed by atoms with Gasteiger partial charge in [0.05, 0.1) is 0 Å². The van der Waals surface area contributed by atoms with Crippen molar-refractivity contribution in [2.24, 2.45) is 0 Å². The molecule has 2 aromatic rings. The molecule has 2 N–H and O–H groups in total. The molecular weight excluding hydrogens is 247 g/mol. The normalized spacial score (nSPS) is 8.22. The molecule has 0 spiro atoms. The Hall–Kier alpha value is -1.54. The summed E-state index contributed by atoms with van der Waals surface area (Å²) in [6.07, 6.45) is 0. The lowest BCUT2D eigenvalue weighted by atomic mass is 10.2. The van der Waals surface area contributed by atoms with Crippen LogP contribution in [0.25, 0.3) is 0 Å². The second-order valence-electron chi connectivity index (χ2n) is 3.56. The zero-order chi connectivity index (χ0) is 13.8. The van der Waals surface area contributed by atoms with E-state index in [0.29, 0.717) is 0 Å². The van der Waals surface area contributed by atoms with Crippen LogP contribution in [-0.2, 0) is 4.57 Å². The SMILES string of the molecule is Cc1ccccc1.Cc1ccccc1.O=[P+](O)O. The highest BCUT2D eigenvalue weighted by atomic mass is 31.1. The average molecular weight is 265 g/mol. The van der Waals surface area contributed by atoms with Gasteiger partial charge < -0.3 is 0 Å². The van der Waals surface area contributed by atoms with Gasteiger partial charge in [-0.05, 0) is 13.8 Å². The number of benzene rings is 2. The van der Waals surface area contributed by atoms with E-state index in [1.807, 2.05) is 36.4 Å². The smallest absolute Gasteiger partial charge is 0.134 e. The predicted octanol–water partition coefficient (Wildman–Crippen LogP) is 3.62. The highest BCUT2D eigenvalue weighted by Gasteiger charge is 1.93. The van der Waals surface area contributed by atoms with Crippen LogP contribution in [0.4, 0.5) is 0 Å². The van der Waals surface area contributed by atoms with E-state index in [4.69, 9.17) is 14.4 Å². The lowest BCUT2D eigenvalue weighted by Crippen LogP contribution is -1.62. The highest BCUT2D eigenvalue weighted by Crippen LogP contribution is 1.98. The first-order chi connectivity index (χ1) is 8.52. The van der Waals surface area contributed by atoms with Crippen molar-refractivity contribution in [3.63, 3.8) is 0 Å². The fourth-order valence-corrected chi connectivity index (χ4v) is 1.07. The van der Waals surface area contributed by atoms with Crippen LogP contribution in [-0.4, -0.2) is 9.79 Å². The first-order valence-corrected chi connectivity index (χ1v) is 6.57. The van der Waals surface area contributed by atoms with Gasteiger partial charge in [-0.2, -0.15) is 0 Å². The Kier molecular flexibility index (Phi) is 9.70. The molecule has 4 heteroatoms. The van der Waals surface area contributed by atoms with E-state index >= 15 is 0 Å². The molecule has 0 heterocycles. The lowest BCUT2D eigenvalue weighted by Gasteiger charge is -1.82. The number of hydrogen-bond donors (Lipinski definition) is 2. The molecule has 3 nitrogen and oxygen atoms in total. The minimum Gasteiger partial charge on any atom is -0.134 e. The summed E-state index contributed by atoms with van der Waals surface area (Å²) < 4.78 is 8.70. The zero-order valence-corrected chi connectivity index (χ0v) is 11.4. The quantitative estimate of drug-likeness (QED) is 0.715. The summed E-state index contributed by atoms with van der Waals surface area (Å²) in [6.45, 7) is 4.17. The maximum absolute atomic E-state index is 8.70. The largest absolute Gasteiger partial charge is 0.692 e. The topological polar surface area (TPSA) is 57.5 Å². The van der Waals surface area contributed by atoms with E-state index in [-0.39, 0.29) is 0 Å². The molecule has 0 saturated heterocycles. The van der Waals surface area contributed by atoms with Crippen LogP contribution in [0.5, 0.6) is 0 Å². The summed E-state index contributed by atoms with van der Waals surface area (Å²) in [7, 11) is -2.87. The monoisotopic (exact) mass is 265 g/mol. The number of aryl methyl sites for hydroxylation is 2. The van der Waals surface area contributed by atoms with Crippen LogP contribution >= 0.6 is 8.25 Å². The maximum Gasteiger partial charge on any atom is 0.692 e. The van der Waals surface area contributed by atoms with Gasteiger partial charge in [-0.1, -0.05) is 71.8 Å². The molecule has 0 amide bonds. The van der Waals surface area contributed by atoms with E-state index in [0.717, 1.165) is 0 Å². The Labute approximate surface area is 109 Å². The molecule has 0 aliphatic carbocycles. The van der Waals surface area contributed by atoms with Crippen molar-refractivity contribution in [3.8, 4) is 0 Å². The molecule has 0 radical (unpaired) electrons. The molecule has 0 bridgehead atoms. The molecule has 0 saturated carbocycles. The van der Waals surface area contributed by atoms with Gasteiger partial charge in [-0.25, -0.2) is 0 Å². The van der Waals surface area contributed by atoms with Crippen molar-refractivity contribution in [1.82, 2.24) is 0 Å². The summed E-state index contributed by atoms with van der Waals surface area (Å²) >= 11 is 0. The van der Waals surface area contributed by atoms with Crippen molar-refractivity contribution in [2.75, 3.05) is 0 Å². The van der Waals surface area contributed by atoms with Crippen molar-refractivity contribution >= 4 is 8.25 Å². The average Bonchev–Trinajstić information content (AvgIpc) is 2.31. The molecule has 0 aromatic heterocycles. The van der Waals surface area contributed by atoms with E-state index in [1.54, 1.807) is 0 Å². The van der Waals surface area contributed by atoms with Crippen LogP contribution in [0.15, 0.2) is 60.7 Å². The first-order valence-electron chi connectivity index (χ1n) is 5.40. The van der Waals surface area contributed by atoms with Gasteiger partial charge in [-0.15, -0.1) is 9.79 Å². The first kappa shape index (κ1) is 16.5. The third-order valence-corrected chi connectivity index (χ3v) is 1.88. The third kappa shape index (κ3) is 12.5. The van der Waals surface area contributed by atoms with Gasteiger partial charge in [0.25, 0.3) is 0 Å². The Morgan fingerprint density at radius 2 is 0.944 bits per heavy atom. The van der Waals surface area contributed by atoms with Gasteiger partial charge >= 0.3 is 8.25 Å². The van der Waals surface area contributed by atoms with E-state index in [9.17, 15) is 0 Å². The van der Waals surface area contributed by atoms with Gasteiger partial charge in [0.15, 0.2) is 0 Å². The Morgan fingerprint density at radius 3 is 1.06 bits per heavy atom. The number of rotatable bonds is 0. The summed E-state index contributed by atoms with van der Waals surface area (Å²) in [6, 6.07) is 20.5. The molecule has 0 atom stereocenters.